The summed E-state index contributed by atoms with van der Waals surface area (Å²) in [7, 11) is 1.61. The monoisotopic (exact) mass is 261 g/mol. The van der Waals surface area contributed by atoms with E-state index in [0.29, 0.717) is 5.69 Å². The number of aliphatic carboxylic acids is 1. The van der Waals surface area contributed by atoms with Crippen LogP contribution in [-0.2, 0) is 4.79 Å². The topological polar surface area (TPSA) is 59.4 Å². The minimum Gasteiger partial charge on any atom is -0.497 e. The predicted octanol–water partition coefficient (Wildman–Crippen LogP) is 2.92. The summed E-state index contributed by atoms with van der Waals surface area (Å²) < 4.78 is 5.15. The summed E-state index contributed by atoms with van der Waals surface area (Å²) in [6.07, 6.45) is 2.55. The highest BCUT2D eigenvalue weighted by molar-refractivity contribution is 7.13. The summed E-state index contributed by atoms with van der Waals surface area (Å²) >= 11 is 1.46. The first-order valence-corrected chi connectivity index (χ1v) is 6.08. The van der Waals surface area contributed by atoms with Crippen LogP contribution in [0.1, 0.15) is 5.69 Å². The quantitative estimate of drug-likeness (QED) is 0.860. The van der Waals surface area contributed by atoms with E-state index in [1.165, 1.54) is 17.4 Å². The van der Waals surface area contributed by atoms with Crippen molar-refractivity contribution in [2.75, 3.05) is 7.11 Å². The number of methoxy groups -OCH3 is 1. The zero-order chi connectivity index (χ0) is 13.0. The number of carboxylic acids is 1. The number of nitrogens with zero attached hydrogens (tertiary/aromatic N) is 1. The second-order valence-electron chi connectivity index (χ2n) is 3.48. The Hall–Kier alpha value is -2.14. The van der Waals surface area contributed by atoms with Crippen molar-refractivity contribution in [3.8, 4) is 16.3 Å². The van der Waals surface area contributed by atoms with Gasteiger partial charge in [-0.05, 0) is 18.2 Å². The first-order valence-electron chi connectivity index (χ1n) is 5.20. The molecule has 2 aromatic rings. The molecule has 0 saturated carbocycles. The Labute approximate surface area is 108 Å². The average molecular weight is 261 g/mol. The minimum absolute atomic E-state index is 0.639. The third kappa shape index (κ3) is 2.95. The van der Waals surface area contributed by atoms with Crippen LogP contribution in [0.15, 0.2) is 35.7 Å². The maximum absolute atomic E-state index is 10.4. The number of ether oxygens (including phenoxy) is 1. The third-order valence-electron chi connectivity index (χ3n) is 2.24. The van der Waals surface area contributed by atoms with Gasteiger partial charge in [0.05, 0.1) is 12.8 Å². The molecule has 92 valence electrons. The second-order valence-corrected chi connectivity index (χ2v) is 4.34. The SMILES string of the molecule is COc1cccc(-c2nc(/C=C/C(=O)O)cs2)c1. The van der Waals surface area contributed by atoms with Crippen LogP contribution in [0.25, 0.3) is 16.6 Å². The van der Waals surface area contributed by atoms with E-state index < -0.39 is 5.97 Å². The Morgan fingerprint density at radius 2 is 2.33 bits per heavy atom. The van der Waals surface area contributed by atoms with Gasteiger partial charge in [0.2, 0.25) is 0 Å². The molecular formula is C13H11NO3S. The third-order valence-corrected chi connectivity index (χ3v) is 3.14. The molecule has 0 aliphatic heterocycles. The van der Waals surface area contributed by atoms with Gasteiger partial charge in [0.1, 0.15) is 10.8 Å². The number of carboxylic acid groups (broad SMARTS) is 1. The predicted molar refractivity (Wildman–Crippen MR) is 70.8 cm³/mol. The Morgan fingerprint density at radius 1 is 1.50 bits per heavy atom. The van der Waals surface area contributed by atoms with E-state index >= 15 is 0 Å². The number of hydrogen-bond donors (Lipinski definition) is 1. The van der Waals surface area contributed by atoms with E-state index in [1.54, 1.807) is 7.11 Å². The second kappa shape index (κ2) is 5.46. The van der Waals surface area contributed by atoms with Crippen molar-refractivity contribution in [1.82, 2.24) is 4.98 Å². The summed E-state index contributed by atoms with van der Waals surface area (Å²) in [4.78, 5) is 14.7. The molecule has 0 saturated heterocycles. The average Bonchev–Trinajstić information content (AvgIpc) is 2.85. The Morgan fingerprint density at radius 3 is 3.06 bits per heavy atom. The Bertz CT molecular complexity index is 589. The van der Waals surface area contributed by atoms with Gasteiger partial charge in [-0.1, -0.05) is 12.1 Å². The highest BCUT2D eigenvalue weighted by Gasteiger charge is 2.04. The van der Waals surface area contributed by atoms with Crippen molar-refractivity contribution < 1.29 is 14.6 Å². The van der Waals surface area contributed by atoms with E-state index in [9.17, 15) is 4.79 Å². The van der Waals surface area contributed by atoms with Crippen LogP contribution in [-0.4, -0.2) is 23.2 Å². The molecule has 1 heterocycles. The van der Waals surface area contributed by atoms with Crippen molar-refractivity contribution in [2.45, 2.75) is 0 Å². The zero-order valence-electron chi connectivity index (χ0n) is 9.66. The molecular weight excluding hydrogens is 250 g/mol. The molecule has 0 amide bonds. The summed E-state index contributed by atoms with van der Waals surface area (Å²) in [6, 6.07) is 7.58. The Kier molecular flexibility index (Phi) is 3.74. The van der Waals surface area contributed by atoms with Crippen LogP contribution in [0.3, 0.4) is 0 Å². The smallest absolute Gasteiger partial charge is 0.328 e. The fraction of sp³-hybridized carbons (Fsp3) is 0.0769. The molecule has 0 atom stereocenters. The number of benzene rings is 1. The molecule has 5 heteroatoms. The van der Waals surface area contributed by atoms with Crippen LogP contribution in [0, 0.1) is 0 Å². The number of thiazole rings is 1. The number of hydrogen-bond acceptors (Lipinski definition) is 4. The van der Waals surface area contributed by atoms with Crippen LogP contribution >= 0.6 is 11.3 Å². The van der Waals surface area contributed by atoms with Crippen LogP contribution in [0.5, 0.6) is 5.75 Å². The van der Waals surface area contributed by atoms with Crippen molar-refractivity contribution >= 4 is 23.4 Å². The van der Waals surface area contributed by atoms with Crippen molar-refractivity contribution in [3.63, 3.8) is 0 Å². The first-order chi connectivity index (χ1) is 8.69. The Balaban J connectivity index is 2.26. The summed E-state index contributed by atoms with van der Waals surface area (Å²) in [6.45, 7) is 0. The van der Waals surface area contributed by atoms with Gasteiger partial charge in [-0.25, -0.2) is 9.78 Å². The van der Waals surface area contributed by atoms with Crippen molar-refractivity contribution in [2.24, 2.45) is 0 Å². The van der Waals surface area contributed by atoms with Crippen LogP contribution in [0.2, 0.25) is 0 Å². The minimum atomic E-state index is -0.981. The van der Waals surface area contributed by atoms with Gasteiger partial charge in [0, 0.05) is 17.0 Å². The normalized spacial score (nSPS) is 10.7. The molecule has 0 radical (unpaired) electrons. The summed E-state index contributed by atoms with van der Waals surface area (Å²) in [5, 5.41) is 11.2. The van der Waals surface area contributed by atoms with Gasteiger partial charge in [-0.15, -0.1) is 11.3 Å². The lowest BCUT2D eigenvalue weighted by Gasteiger charge is -2.00. The molecule has 2 rings (SSSR count). The molecule has 0 unspecified atom stereocenters. The van der Waals surface area contributed by atoms with E-state index in [-0.39, 0.29) is 0 Å². The van der Waals surface area contributed by atoms with Crippen LogP contribution < -0.4 is 4.74 Å². The van der Waals surface area contributed by atoms with E-state index in [0.717, 1.165) is 22.4 Å². The molecule has 0 spiro atoms. The van der Waals surface area contributed by atoms with Crippen molar-refractivity contribution in [1.29, 1.82) is 0 Å². The van der Waals surface area contributed by atoms with Gasteiger partial charge >= 0.3 is 5.97 Å². The lowest BCUT2D eigenvalue weighted by Crippen LogP contribution is -1.86. The molecule has 1 aromatic heterocycles. The highest BCUT2D eigenvalue weighted by Crippen LogP contribution is 2.27. The van der Waals surface area contributed by atoms with E-state index in [1.807, 2.05) is 29.6 Å². The molecule has 0 fully saturated rings. The number of rotatable bonds is 4. The van der Waals surface area contributed by atoms with Crippen LogP contribution in [0.4, 0.5) is 0 Å². The van der Waals surface area contributed by atoms with Gasteiger partial charge in [-0.2, -0.15) is 0 Å². The summed E-state index contributed by atoms with van der Waals surface area (Å²) in [5.74, 6) is -0.212. The van der Waals surface area contributed by atoms with Gasteiger partial charge < -0.3 is 9.84 Å². The maximum atomic E-state index is 10.4. The number of carbonyl (C=O) groups is 1. The molecule has 0 aliphatic carbocycles. The number of aromatic nitrogens is 1. The van der Waals surface area contributed by atoms with Gasteiger partial charge in [0.25, 0.3) is 0 Å². The lowest BCUT2D eigenvalue weighted by molar-refractivity contribution is -0.131. The molecule has 1 aromatic carbocycles. The highest BCUT2D eigenvalue weighted by atomic mass is 32.1. The fourth-order valence-electron chi connectivity index (χ4n) is 1.41. The maximum Gasteiger partial charge on any atom is 0.328 e. The first kappa shape index (κ1) is 12.3. The zero-order valence-corrected chi connectivity index (χ0v) is 10.5. The molecule has 18 heavy (non-hydrogen) atoms. The standard InChI is InChI=1S/C13H11NO3S/c1-17-11-4-2-3-9(7-11)13-14-10(8-18-13)5-6-12(15)16/h2-8H,1H3,(H,15,16)/b6-5+. The lowest BCUT2D eigenvalue weighted by atomic mass is 10.2. The van der Waals surface area contributed by atoms with E-state index in [2.05, 4.69) is 4.98 Å². The summed E-state index contributed by atoms with van der Waals surface area (Å²) in [5.41, 5.74) is 1.59. The van der Waals surface area contributed by atoms with Gasteiger partial charge in [-0.3, -0.25) is 0 Å². The molecule has 0 bridgehead atoms. The molecule has 1 N–H and O–H groups in total. The molecule has 0 aliphatic rings. The fourth-order valence-corrected chi connectivity index (χ4v) is 2.19. The van der Waals surface area contributed by atoms with Crippen molar-refractivity contribution in [3.05, 3.63) is 41.4 Å². The molecule has 4 nitrogen and oxygen atoms in total. The largest absolute Gasteiger partial charge is 0.497 e. The van der Waals surface area contributed by atoms with Gasteiger partial charge in [0.15, 0.2) is 0 Å². The van der Waals surface area contributed by atoms with E-state index in [4.69, 9.17) is 9.84 Å².